The van der Waals surface area contributed by atoms with Crippen molar-refractivity contribution in [3.05, 3.63) is 58.1 Å². The summed E-state index contributed by atoms with van der Waals surface area (Å²) in [6.45, 7) is 1.25. The van der Waals surface area contributed by atoms with Crippen LogP contribution in [0.1, 0.15) is 33.8 Å². The summed E-state index contributed by atoms with van der Waals surface area (Å²) in [5.41, 5.74) is 1.19. The standard InChI is InChI=1S/C19H19N3O2S/c1-21-18(24)15-5-2-10-20-17(15)19(21)8-11-22(12-9-19)16(23)7-6-14-4-3-13-25-14/h2-7,10,13H,8-9,11-12H2,1H3/b7-6+. The maximum Gasteiger partial charge on any atom is 0.256 e. The van der Waals surface area contributed by atoms with Crippen molar-refractivity contribution in [2.45, 2.75) is 18.4 Å². The third-order valence-electron chi connectivity index (χ3n) is 5.26. The first-order chi connectivity index (χ1) is 12.1. The quantitative estimate of drug-likeness (QED) is 0.780. The number of piperidine rings is 1. The zero-order valence-electron chi connectivity index (χ0n) is 14.0. The Morgan fingerprint density at radius 3 is 2.80 bits per heavy atom. The number of amides is 2. The molecule has 6 heteroatoms. The van der Waals surface area contributed by atoms with E-state index in [2.05, 4.69) is 4.98 Å². The number of pyridine rings is 1. The normalized spacial score (nSPS) is 19.0. The molecule has 128 valence electrons. The van der Waals surface area contributed by atoms with Gasteiger partial charge in [0, 0.05) is 37.3 Å². The molecule has 0 radical (unpaired) electrons. The summed E-state index contributed by atoms with van der Waals surface area (Å²) >= 11 is 1.61. The van der Waals surface area contributed by atoms with Crippen LogP contribution in [0.4, 0.5) is 0 Å². The van der Waals surface area contributed by atoms with E-state index in [-0.39, 0.29) is 17.4 Å². The van der Waals surface area contributed by atoms with Crippen molar-refractivity contribution in [2.75, 3.05) is 20.1 Å². The molecule has 0 unspecified atom stereocenters. The Balaban J connectivity index is 1.50. The van der Waals surface area contributed by atoms with Crippen LogP contribution in [0.3, 0.4) is 0 Å². The van der Waals surface area contributed by atoms with E-state index in [1.165, 1.54) is 0 Å². The molecular formula is C19H19N3O2S. The van der Waals surface area contributed by atoms with Crippen molar-refractivity contribution >= 4 is 29.2 Å². The van der Waals surface area contributed by atoms with Crippen LogP contribution in [0.25, 0.3) is 6.08 Å². The molecule has 5 nitrogen and oxygen atoms in total. The third-order valence-corrected chi connectivity index (χ3v) is 6.10. The molecule has 25 heavy (non-hydrogen) atoms. The lowest BCUT2D eigenvalue weighted by molar-refractivity contribution is -0.128. The summed E-state index contributed by atoms with van der Waals surface area (Å²) < 4.78 is 0. The lowest BCUT2D eigenvalue weighted by atomic mass is 9.84. The molecule has 0 aromatic carbocycles. The molecule has 0 N–H and O–H groups in total. The number of nitrogens with zero attached hydrogens (tertiary/aromatic N) is 3. The van der Waals surface area contributed by atoms with Crippen LogP contribution in [0.15, 0.2) is 41.9 Å². The van der Waals surface area contributed by atoms with Gasteiger partial charge < -0.3 is 9.80 Å². The highest BCUT2D eigenvalue weighted by molar-refractivity contribution is 7.10. The number of carbonyl (C=O) groups excluding carboxylic acids is 2. The molecule has 4 heterocycles. The largest absolute Gasteiger partial charge is 0.339 e. The molecule has 0 aliphatic carbocycles. The van der Waals surface area contributed by atoms with E-state index in [1.54, 1.807) is 29.7 Å². The molecule has 4 rings (SSSR count). The van der Waals surface area contributed by atoms with Gasteiger partial charge in [-0.15, -0.1) is 11.3 Å². The van der Waals surface area contributed by atoms with Crippen molar-refractivity contribution in [3.63, 3.8) is 0 Å². The van der Waals surface area contributed by atoms with Gasteiger partial charge in [0.2, 0.25) is 5.91 Å². The highest BCUT2D eigenvalue weighted by Crippen LogP contribution is 2.44. The maximum atomic E-state index is 12.5. The lowest BCUT2D eigenvalue weighted by Gasteiger charge is -2.43. The van der Waals surface area contributed by atoms with Crippen LogP contribution in [0, 0.1) is 0 Å². The van der Waals surface area contributed by atoms with E-state index in [0.717, 1.165) is 23.4 Å². The second kappa shape index (κ2) is 6.11. The summed E-state index contributed by atoms with van der Waals surface area (Å²) in [7, 11) is 1.85. The minimum atomic E-state index is -0.373. The predicted octanol–water partition coefficient (Wildman–Crippen LogP) is 2.76. The summed E-state index contributed by atoms with van der Waals surface area (Å²) in [5, 5.41) is 1.99. The first-order valence-electron chi connectivity index (χ1n) is 8.36. The Bertz CT molecular complexity index is 836. The zero-order valence-corrected chi connectivity index (χ0v) is 14.8. The number of aromatic nitrogens is 1. The fourth-order valence-corrected chi connectivity index (χ4v) is 4.41. The van der Waals surface area contributed by atoms with E-state index in [4.69, 9.17) is 0 Å². The van der Waals surface area contributed by atoms with Crippen LogP contribution in [-0.2, 0) is 10.3 Å². The summed E-state index contributed by atoms with van der Waals surface area (Å²) in [6.07, 6.45) is 6.68. The molecule has 2 aliphatic heterocycles. The van der Waals surface area contributed by atoms with Crippen molar-refractivity contribution < 1.29 is 9.59 Å². The lowest BCUT2D eigenvalue weighted by Crippen LogP contribution is -2.51. The summed E-state index contributed by atoms with van der Waals surface area (Å²) in [5.74, 6) is 0.0527. The number of hydrogen-bond acceptors (Lipinski definition) is 4. The maximum absolute atomic E-state index is 12.5. The van der Waals surface area contributed by atoms with Gasteiger partial charge in [0.1, 0.15) is 0 Å². The number of thiophene rings is 1. The van der Waals surface area contributed by atoms with Gasteiger partial charge in [0.05, 0.1) is 16.8 Å². The third kappa shape index (κ3) is 2.57. The van der Waals surface area contributed by atoms with Crippen molar-refractivity contribution in [1.29, 1.82) is 0 Å². The molecule has 2 aromatic heterocycles. The fraction of sp³-hybridized carbons (Fsp3) is 0.316. The first kappa shape index (κ1) is 16.0. The smallest absolute Gasteiger partial charge is 0.256 e. The Kier molecular flexibility index (Phi) is 3.92. The second-order valence-corrected chi connectivity index (χ2v) is 7.45. The molecule has 0 bridgehead atoms. The predicted molar refractivity (Wildman–Crippen MR) is 97.2 cm³/mol. The minimum absolute atomic E-state index is 0.0245. The van der Waals surface area contributed by atoms with Gasteiger partial charge in [-0.05, 0) is 42.5 Å². The Hall–Kier alpha value is -2.47. The Morgan fingerprint density at radius 2 is 2.08 bits per heavy atom. The van der Waals surface area contributed by atoms with Gasteiger partial charge in [0.25, 0.3) is 5.91 Å². The van der Waals surface area contributed by atoms with Crippen molar-refractivity contribution in [3.8, 4) is 0 Å². The van der Waals surface area contributed by atoms with Crippen molar-refractivity contribution in [1.82, 2.24) is 14.8 Å². The molecule has 0 atom stereocenters. The number of likely N-dealkylation sites (tertiary alicyclic amines) is 1. The van der Waals surface area contributed by atoms with Gasteiger partial charge >= 0.3 is 0 Å². The molecule has 0 saturated carbocycles. The Morgan fingerprint density at radius 1 is 1.28 bits per heavy atom. The second-order valence-electron chi connectivity index (χ2n) is 6.47. The van der Waals surface area contributed by atoms with E-state index < -0.39 is 0 Å². The number of hydrogen-bond donors (Lipinski definition) is 0. The SMILES string of the molecule is CN1C(=O)c2cccnc2C12CCN(C(=O)/C=C/c1cccs1)CC2. The number of carbonyl (C=O) groups is 2. The average molecular weight is 353 g/mol. The van der Waals surface area contributed by atoms with Gasteiger partial charge in [-0.3, -0.25) is 14.6 Å². The monoisotopic (exact) mass is 353 g/mol. The summed E-state index contributed by atoms with van der Waals surface area (Å²) in [4.78, 5) is 34.2. The Labute approximate surface area is 150 Å². The molecule has 1 spiro atoms. The fourth-order valence-electron chi connectivity index (χ4n) is 3.80. The van der Waals surface area contributed by atoms with Crippen LogP contribution in [0.2, 0.25) is 0 Å². The highest BCUT2D eigenvalue weighted by Gasteiger charge is 2.50. The van der Waals surface area contributed by atoms with E-state index in [9.17, 15) is 9.59 Å². The molecule has 2 aromatic rings. The van der Waals surface area contributed by atoms with Crippen molar-refractivity contribution in [2.24, 2.45) is 0 Å². The molecular weight excluding hydrogens is 334 g/mol. The van der Waals surface area contributed by atoms with Gasteiger partial charge in [-0.25, -0.2) is 0 Å². The topological polar surface area (TPSA) is 53.5 Å². The van der Waals surface area contributed by atoms with Gasteiger partial charge in [0.15, 0.2) is 0 Å². The molecule has 2 aliphatic rings. The van der Waals surface area contributed by atoms with Gasteiger partial charge in [-0.1, -0.05) is 6.07 Å². The summed E-state index contributed by atoms with van der Waals surface area (Å²) in [6, 6.07) is 7.60. The van der Waals surface area contributed by atoms with E-state index in [0.29, 0.717) is 18.7 Å². The van der Waals surface area contributed by atoms with Gasteiger partial charge in [-0.2, -0.15) is 0 Å². The molecule has 2 amide bonds. The van der Waals surface area contributed by atoms with Crippen LogP contribution in [0.5, 0.6) is 0 Å². The van der Waals surface area contributed by atoms with Crippen LogP contribution < -0.4 is 0 Å². The van der Waals surface area contributed by atoms with Crippen LogP contribution in [-0.4, -0.2) is 46.7 Å². The van der Waals surface area contributed by atoms with Crippen LogP contribution >= 0.6 is 11.3 Å². The highest BCUT2D eigenvalue weighted by atomic mass is 32.1. The minimum Gasteiger partial charge on any atom is -0.339 e. The number of fused-ring (bicyclic) bond motifs is 2. The number of rotatable bonds is 2. The zero-order chi connectivity index (χ0) is 17.4. The van der Waals surface area contributed by atoms with E-state index in [1.807, 2.05) is 46.5 Å². The van der Waals surface area contributed by atoms with E-state index >= 15 is 0 Å². The average Bonchev–Trinajstić information content (AvgIpc) is 3.24. The first-order valence-corrected chi connectivity index (χ1v) is 9.24. The molecule has 1 saturated heterocycles. The molecule has 1 fully saturated rings.